The van der Waals surface area contributed by atoms with Crippen molar-refractivity contribution in [3.8, 4) is 0 Å². The summed E-state index contributed by atoms with van der Waals surface area (Å²) in [6, 6.07) is 0. The molecule has 0 N–H and O–H groups in total. The van der Waals surface area contributed by atoms with Gasteiger partial charge in [-0.2, -0.15) is 11.8 Å². The number of hydrogen-bond donors (Lipinski definition) is 0. The summed E-state index contributed by atoms with van der Waals surface area (Å²) < 4.78 is 0. The quantitative estimate of drug-likeness (QED) is 0.724. The zero-order valence-corrected chi connectivity index (χ0v) is 11.6. The number of ketones is 1. The summed E-state index contributed by atoms with van der Waals surface area (Å²) in [5, 5.41) is 1.59. The molecule has 0 aromatic heterocycles. The van der Waals surface area contributed by atoms with Gasteiger partial charge in [0.05, 0.1) is 0 Å². The van der Waals surface area contributed by atoms with Crippen molar-refractivity contribution in [3.05, 3.63) is 0 Å². The van der Waals surface area contributed by atoms with E-state index in [2.05, 4.69) is 32.5 Å². The van der Waals surface area contributed by atoms with Crippen LogP contribution in [0.2, 0.25) is 0 Å². The predicted molar refractivity (Wildman–Crippen MR) is 70.8 cm³/mol. The van der Waals surface area contributed by atoms with Gasteiger partial charge in [0.2, 0.25) is 0 Å². The zero-order chi connectivity index (χ0) is 11.8. The first-order chi connectivity index (χ1) is 7.44. The number of thioether (sulfide) groups is 1. The first-order valence-corrected chi connectivity index (χ1v) is 7.56. The molecule has 2 rings (SSSR count). The second-order valence-corrected chi connectivity index (χ2v) is 8.29. The van der Waals surface area contributed by atoms with Gasteiger partial charge in [-0.15, -0.1) is 0 Å². The van der Waals surface area contributed by atoms with Gasteiger partial charge in [0.15, 0.2) is 0 Å². The van der Waals surface area contributed by atoms with Gasteiger partial charge >= 0.3 is 0 Å². The predicted octanol–water partition coefficient (Wildman–Crippen LogP) is 4.06. The molecule has 2 fully saturated rings. The van der Waals surface area contributed by atoms with E-state index in [0.29, 0.717) is 11.7 Å². The molecule has 2 heterocycles. The summed E-state index contributed by atoms with van der Waals surface area (Å²) in [4.78, 5) is 12.2. The molecule has 2 aliphatic rings. The van der Waals surface area contributed by atoms with Crippen LogP contribution in [0.3, 0.4) is 0 Å². The minimum Gasteiger partial charge on any atom is -0.299 e. The van der Waals surface area contributed by atoms with Crippen LogP contribution < -0.4 is 0 Å². The molecule has 0 aliphatic carbocycles. The maximum Gasteiger partial charge on any atom is 0.136 e. The van der Waals surface area contributed by atoms with Crippen molar-refractivity contribution in [2.45, 2.75) is 69.8 Å². The molecule has 2 saturated heterocycles. The van der Waals surface area contributed by atoms with Crippen LogP contribution in [0.25, 0.3) is 0 Å². The second-order valence-electron chi connectivity index (χ2n) is 6.68. The Morgan fingerprint density at radius 2 is 1.75 bits per heavy atom. The van der Waals surface area contributed by atoms with Crippen LogP contribution in [0.4, 0.5) is 0 Å². The van der Waals surface area contributed by atoms with E-state index in [4.69, 9.17) is 0 Å². The van der Waals surface area contributed by atoms with E-state index < -0.39 is 0 Å². The number of carbonyl (C=O) groups is 1. The largest absolute Gasteiger partial charge is 0.299 e. The molecule has 0 aromatic carbocycles. The smallest absolute Gasteiger partial charge is 0.136 e. The normalized spacial score (nSPS) is 34.8. The van der Waals surface area contributed by atoms with Gasteiger partial charge in [-0.05, 0) is 31.1 Å². The van der Waals surface area contributed by atoms with Crippen molar-refractivity contribution in [3.63, 3.8) is 0 Å². The Labute approximate surface area is 104 Å². The molecule has 2 aliphatic heterocycles. The number of rotatable bonds is 2. The van der Waals surface area contributed by atoms with Crippen molar-refractivity contribution in [1.82, 2.24) is 0 Å². The maximum absolute atomic E-state index is 12.2. The molecule has 2 atom stereocenters. The highest BCUT2D eigenvalue weighted by Crippen LogP contribution is 2.44. The monoisotopic (exact) mass is 240 g/mol. The first kappa shape index (κ1) is 12.5. The summed E-state index contributed by atoms with van der Waals surface area (Å²) >= 11 is 2.16. The molecule has 2 heteroatoms. The van der Waals surface area contributed by atoms with Crippen LogP contribution in [-0.2, 0) is 4.79 Å². The highest BCUT2D eigenvalue weighted by molar-refractivity contribution is 8.00. The maximum atomic E-state index is 12.2. The molecule has 1 nitrogen and oxygen atoms in total. The number of Topliss-reactive ketones (excluding diaryl/α,β-unsaturated/α-hetero) is 1. The Hall–Kier alpha value is 0.0200. The van der Waals surface area contributed by atoms with Gasteiger partial charge in [0.1, 0.15) is 5.78 Å². The molecular weight excluding hydrogens is 216 g/mol. The summed E-state index contributed by atoms with van der Waals surface area (Å²) in [6.07, 6.45) is 7.18. The van der Waals surface area contributed by atoms with Crippen LogP contribution >= 0.6 is 11.8 Å². The van der Waals surface area contributed by atoms with Crippen LogP contribution in [0.1, 0.15) is 59.3 Å². The third-order valence-corrected chi connectivity index (χ3v) is 5.32. The van der Waals surface area contributed by atoms with Crippen LogP contribution in [-0.4, -0.2) is 16.3 Å². The van der Waals surface area contributed by atoms with Crippen LogP contribution in [0, 0.1) is 11.3 Å². The van der Waals surface area contributed by atoms with Gasteiger partial charge in [0, 0.05) is 22.8 Å². The fourth-order valence-electron chi connectivity index (χ4n) is 2.99. The van der Waals surface area contributed by atoms with Crippen molar-refractivity contribution >= 4 is 17.5 Å². The van der Waals surface area contributed by atoms with E-state index in [1.165, 1.54) is 19.3 Å². The average molecular weight is 240 g/mol. The third-order valence-electron chi connectivity index (χ3n) is 3.69. The lowest BCUT2D eigenvalue weighted by atomic mass is 9.80. The average Bonchev–Trinajstić information content (AvgIpc) is 2.14. The molecular formula is C14H24OS. The van der Waals surface area contributed by atoms with Gasteiger partial charge in [-0.1, -0.05) is 27.2 Å². The summed E-state index contributed by atoms with van der Waals surface area (Å²) in [5.74, 6) is 0.917. The minimum absolute atomic E-state index is 0.163. The van der Waals surface area contributed by atoms with Crippen molar-refractivity contribution in [2.24, 2.45) is 11.3 Å². The van der Waals surface area contributed by atoms with E-state index in [1.807, 2.05) is 0 Å². The second kappa shape index (κ2) is 4.72. The summed E-state index contributed by atoms with van der Waals surface area (Å²) in [5.41, 5.74) is 0.163. The third kappa shape index (κ3) is 3.26. The molecule has 0 spiro atoms. The Morgan fingerprint density at radius 3 is 2.25 bits per heavy atom. The highest BCUT2D eigenvalue weighted by atomic mass is 32.2. The summed E-state index contributed by atoms with van der Waals surface area (Å²) in [6.45, 7) is 6.51. The SMILES string of the molecule is CC(C)(C)CC(=O)C1CC2CCCC(C1)S2. The van der Waals surface area contributed by atoms with E-state index in [0.717, 1.165) is 29.8 Å². The number of fused-ring (bicyclic) bond motifs is 2. The van der Waals surface area contributed by atoms with E-state index >= 15 is 0 Å². The Morgan fingerprint density at radius 1 is 1.19 bits per heavy atom. The van der Waals surface area contributed by atoms with E-state index in [1.54, 1.807) is 0 Å². The fraction of sp³-hybridized carbons (Fsp3) is 0.929. The molecule has 0 aromatic rings. The molecule has 2 unspecified atom stereocenters. The van der Waals surface area contributed by atoms with Gasteiger partial charge in [0.25, 0.3) is 0 Å². The van der Waals surface area contributed by atoms with Crippen molar-refractivity contribution < 1.29 is 4.79 Å². The standard InChI is InChI=1S/C14H24OS/c1-14(2,3)9-13(15)10-7-11-5-4-6-12(8-10)16-11/h10-12H,4-9H2,1-3H3. The zero-order valence-electron chi connectivity index (χ0n) is 10.8. The van der Waals surface area contributed by atoms with Gasteiger partial charge < -0.3 is 0 Å². The molecule has 0 radical (unpaired) electrons. The molecule has 16 heavy (non-hydrogen) atoms. The molecule has 2 bridgehead atoms. The Bertz CT molecular complexity index is 254. The fourth-order valence-corrected chi connectivity index (χ4v) is 4.83. The highest BCUT2D eigenvalue weighted by Gasteiger charge is 2.36. The molecule has 92 valence electrons. The molecule has 0 amide bonds. The topological polar surface area (TPSA) is 17.1 Å². The first-order valence-electron chi connectivity index (χ1n) is 6.62. The van der Waals surface area contributed by atoms with Crippen LogP contribution in [0.15, 0.2) is 0 Å². The van der Waals surface area contributed by atoms with E-state index in [9.17, 15) is 4.79 Å². The lowest BCUT2D eigenvalue weighted by molar-refractivity contribution is -0.125. The lowest BCUT2D eigenvalue weighted by Crippen LogP contribution is -2.34. The van der Waals surface area contributed by atoms with Crippen molar-refractivity contribution in [1.29, 1.82) is 0 Å². The molecule has 0 saturated carbocycles. The summed E-state index contributed by atoms with van der Waals surface area (Å²) in [7, 11) is 0. The van der Waals surface area contributed by atoms with E-state index in [-0.39, 0.29) is 5.41 Å². The van der Waals surface area contributed by atoms with Gasteiger partial charge in [-0.3, -0.25) is 4.79 Å². The van der Waals surface area contributed by atoms with Gasteiger partial charge in [-0.25, -0.2) is 0 Å². The number of carbonyl (C=O) groups excluding carboxylic acids is 1. The van der Waals surface area contributed by atoms with Crippen LogP contribution in [0.5, 0.6) is 0 Å². The minimum atomic E-state index is 0.163. The Balaban J connectivity index is 1.92. The van der Waals surface area contributed by atoms with Crippen molar-refractivity contribution in [2.75, 3.05) is 0 Å². The lowest BCUT2D eigenvalue weighted by Gasteiger charge is -2.38. The number of hydrogen-bond acceptors (Lipinski definition) is 2. The Kier molecular flexibility index (Phi) is 3.68.